The van der Waals surface area contributed by atoms with Gasteiger partial charge in [-0.2, -0.15) is 0 Å². The van der Waals surface area contributed by atoms with Crippen molar-refractivity contribution in [1.82, 2.24) is 4.90 Å². The van der Waals surface area contributed by atoms with Crippen LogP contribution in [0, 0.1) is 0 Å². The fraction of sp³-hybridized carbons (Fsp3) is 0.611. The Bertz CT molecular complexity index is 526. The zero-order chi connectivity index (χ0) is 15.5. The van der Waals surface area contributed by atoms with E-state index in [-0.39, 0.29) is 11.9 Å². The van der Waals surface area contributed by atoms with Gasteiger partial charge in [-0.05, 0) is 37.8 Å². The van der Waals surface area contributed by atoms with Crippen molar-refractivity contribution < 1.29 is 9.53 Å². The molecule has 0 spiro atoms. The molecule has 0 aromatic heterocycles. The second kappa shape index (κ2) is 6.69. The Labute approximate surface area is 133 Å². The van der Waals surface area contributed by atoms with Crippen LogP contribution in [-0.2, 0) is 16.1 Å². The molecule has 0 radical (unpaired) electrons. The quantitative estimate of drug-likeness (QED) is 0.861. The number of hydrogen-bond acceptors (Lipinski definition) is 3. The molecular weight excluding hydrogens is 276 g/mol. The molecule has 120 valence electrons. The average molecular weight is 302 g/mol. The summed E-state index contributed by atoms with van der Waals surface area (Å²) in [6.07, 6.45) is 3.99. The lowest BCUT2D eigenvalue weighted by atomic mass is 10.1. The highest BCUT2D eigenvalue weighted by molar-refractivity contribution is 5.77. The first-order chi connectivity index (χ1) is 10.6. The van der Waals surface area contributed by atoms with Gasteiger partial charge in [0.05, 0.1) is 6.10 Å². The summed E-state index contributed by atoms with van der Waals surface area (Å²) in [7, 11) is 2.11. The Morgan fingerprint density at radius 3 is 2.95 bits per heavy atom. The number of carbonyl (C=O) groups excluding carboxylic acids is 1. The van der Waals surface area contributed by atoms with Crippen LogP contribution in [0.2, 0.25) is 0 Å². The lowest BCUT2D eigenvalue weighted by Crippen LogP contribution is -2.42. The third kappa shape index (κ3) is 3.27. The molecule has 0 unspecified atom stereocenters. The van der Waals surface area contributed by atoms with Crippen LogP contribution in [0.3, 0.4) is 0 Å². The van der Waals surface area contributed by atoms with E-state index in [0.29, 0.717) is 19.1 Å². The molecule has 2 atom stereocenters. The smallest absolute Gasteiger partial charge is 0.223 e. The number of anilines is 1. The number of benzene rings is 1. The molecule has 2 aliphatic rings. The van der Waals surface area contributed by atoms with Gasteiger partial charge in [0.1, 0.15) is 0 Å². The van der Waals surface area contributed by atoms with Crippen molar-refractivity contribution >= 4 is 11.6 Å². The molecule has 0 bridgehead atoms. The third-order valence-corrected chi connectivity index (χ3v) is 4.84. The van der Waals surface area contributed by atoms with Crippen LogP contribution in [0.25, 0.3) is 0 Å². The number of amides is 1. The van der Waals surface area contributed by atoms with Gasteiger partial charge in [0, 0.05) is 44.9 Å². The maximum Gasteiger partial charge on any atom is 0.223 e. The summed E-state index contributed by atoms with van der Waals surface area (Å²) in [6.45, 7) is 4.60. The van der Waals surface area contributed by atoms with Gasteiger partial charge in [-0.3, -0.25) is 4.79 Å². The van der Waals surface area contributed by atoms with Crippen LogP contribution < -0.4 is 4.90 Å². The minimum absolute atomic E-state index is 0.231. The summed E-state index contributed by atoms with van der Waals surface area (Å²) < 4.78 is 5.64. The number of likely N-dealkylation sites (N-methyl/N-ethyl adjacent to an activating group) is 1. The number of fused-ring (bicyclic) bond motifs is 1. The Morgan fingerprint density at radius 1 is 1.36 bits per heavy atom. The van der Waals surface area contributed by atoms with E-state index in [9.17, 15) is 4.79 Å². The van der Waals surface area contributed by atoms with Gasteiger partial charge in [-0.1, -0.05) is 18.2 Å². The first-order valence-corrected chi connectivity index (χ1v) is 8.35. The molecule has 3 rings (SSSR count). The number of para-hydroxylation sites is 1. The second-order valence-electron chi connectivity index (χ2n) is 6.55. The van der Waals surface area contributed by atoms with Crippen molar-refractivity contribution in [3.63, 3.8) is 0 Å². The SMILES string of the molecule is C[C@H]1CN(C)c2ccccc2CN1C(=O)CC[C@@H]1CCCO1. The molecule has 2 heterocycles. The topological polar surface area (TPSA) is 32.8 Å². The molecule has 1 fully saturated rings. The minimum atomic E-state index is 0.231. The molecule has 1 amide bonds. The van der Waals surface area contributed by atoms with Crippen molar-refractivity contribution in [3.05, 3.63) is 29.8 Å². The van der Waals surface area contributed by atoms with Gasteiger partial charge in [0.2, 0.25) is 5.91 Å². The lowest BCUT2D eigenvalue weighted by Gasteiger charge is -2.29. The highest BCUT2D eigenvalue weighted by atomic mass is 16.5. The summed E-state index contributed by atoms with van der Waals surface area (Å²) in [4.78, 5) is 17.0. The molecule has 0 saturated carbocycles. The Kier molecular flexibility index (Phi) is 4.67. The van der Waals surface area contributed by atoms with E-state index in [0.717, 1.165) is 32.4 Å². The van der Waals surface area contributed by atoms with E-state index in [1.165, 1.54) is 11.3 Å². The number of hydrogen-bond donors (Lipinski definition) is 0. The van der Waals surface area contributed by atoms with Crippen LogP contribution >= 0.6 is 0 Å². The lowest BCUT2D eigenvalue weighted by molar-refractivity contribution is -0.134. The fourth-order valence-corrected chi connectivity index (χ4v) is 3.58. The van der Waals surface area contributed by atoms with E-state index in [2.05, 4.69) is 43.1 Å². The van der Waals surface area contributed by atoms with Crippen molar-refractivity contribution in [2.75, 3.05) is 25.1 Å². The van der Waals surface area contributed by atoms with Gasteiger partial charge >= 0.3 is 0 Å². The van der Waals surface area contributed by atoms with Gasteiger partial charge in [0.15, 0.2) is 0 Å². The van der Waals surface area contributed by atoms with Crippen LogP contribution in [0.5, 0.6) is 0 Å². The molecule has 2 aliphatic heterocycles. The van der Waals surface area contributed by atoms with Crippen molar-refractivity contribution in [1.29, 1.82) is 0 Å². The largest absolute Gasteiger partial charge is 0.378 e. The molecule has 4 nitrogen and oxygen atoms in total. The average Bonchev–Trinajstić information content (AvgIpc) is 2.99. The number of ether oxygens (including phenoxy) is 1. The molecule has 0 N–H and O–H groups in total. The van der Waals surface area contributed by atoms with Crippen LogP contribution in [0.1, 0.15) is 38.2 Å². The molecular formula is C18H26N2O2. The first kappa shape index (κ1) is 15.3. The summed E-state index contributed by atoms with van der Waals surface area (Å²) in [6, 6.07) is 8.62. The van der Waals surface area contributed by atoms with Crippen LogP contribution in [-0.4, -0.2) is 43.2 Å². The highest BCUT2D eigenvalue weighted by Crippen LogP contribution is 2.27. The number of carbonyl (C=O) groups is 1. The molecule has 4 heteroatoms. The second-order valence-corrected chi connectivity index (χ2v) is 6.55. The monoisotopic (exact) mass is 302 g/mol. The van der Waals surface area contributed by atoms with Gasteiger partial charge in [-0.15, -0.1) is 0 Å². The highest BCUT2D eigenvalue weighted by Gasteiger charge is 2.27. The van der Waals surface area contributed by atoms with E-state index in [4.69, 9.17) is 4.74 Å². The van der Waals surface area contributed by atoms with Crippen LogP contribution in [0.4, 0.5) is 5.69 Å². The van der Waals surface area contributed by atoms with E-state index in [1.807, 2.05) is 4.90 Å². The Hall–Kier alpha value is -1.55. The van der Waals surface area contributed by atoms with Crippen molar-refractivity contribution in [2.24, 2.45) is 0 Å². The molecule has 0 aliphatic carbocycles. The van der Waals surface area contributed by atoms with Crippen molar-refractivity contribution in [2.45, 2.75) is 51.3 Å². The predicted molar refractivity (Wildman–Crippen MR) is 87.9 cm³/mol. The standard InChI is InChI=1S/C18H26N2O2/c1-14-12-19(2)17-8-4-3-6-15(17)13-20(14)18(21)10-9-16-7-5-11-22-16/h3-4,6,8,14,16H,5,7,9-13H2,1-2H3/t14-,16-/m0/s1. The van der Waals surface area contributed by atoms with Gasteiger partial charge in [-0.25, -0.2) is 0 Å². The Balaban J connectivity index is 1.68. The minimum Gasteiger partial charge on any atom is -0.378 e. The van der Waals surface area contributed by atoms with Gasteiger partial charge < -0.3 is 14.5 Å². The fourth-order valence-electron chi connectivity index (χ4n) is 3.58. The summed E-state index contributed by atoms with van der Waals surface area (Å²) in [5, 5.41) is 0. The zero-order valence-corrected chi connectivity index (χ0v) is 13.6. The molecule has 1 aromatic rings. The first-order valence-electron chi connectivity index (χ1n) is 8.35. The van der Waals surface area contributed by atoms with E-state index < -0.39 is 0 Å². The molecule has 22 heavy (non-hydrogen) atoms. The van der Waals surface area contributed by atoms with E-state index >= 15 is 0 Å². The summed E-state index contributed by atoms with van der Waals surface area (Å²) in [5.74, 6) is 0.258. The number of nitrogens with zero attached hydrogens (tertiary/aromatic N) is 2. The predicted octanol–water partition coefficient (Wildman–Crippen LogP) is 2.81. The van der Waals surface area contributed by atoms with Crippen LogP contribution in [0.15, 0.2) is 24.3 Å². The molecule has 1 aromatic carbocycles. The normalized spacial score (nSPS) is 25.0. The molecule has 1 saturated heterocycles. The maximum atomic E-state index is 12.7. The van der Waals surface area contributed by atoms with E-state index in [1.54, 1.807) is 0 Å². The maximum absolute atomic E-state index is 12.7. The van der Waals surface area contributed by atoms with Gasteiger partial charge in [0.25, 0.3) is 0 Å². The zero-order valence-electron chi connectivity index (χ0n) is 13.6. The summed E-state index contributed by atoms with van der Waals surface area (Å²) >= 11 is 0. The number of rotatable bonds is 3. The summed E-state index contributed by atoms with van der Waals surface area (Å²) in [5.41, 5.74) is 2.48. The third-order valence-electron chi connectivity index (χ3n) is 4.84. The van der Waals surface area contributed by atoms with Crippen molar-refractivity contribution in [3.8, 4) is 0 Å². The Morgan fingerprint density at radius 2 is 2.18 bits per heavy atom.